The molecule has 0 bridgehead atoms. The van der Waals surface area contributed by atoms with Gasteiger partial charge in [-0.2, -0.15) is 5.10 Å². The minimum absolute atomic E-state index is 0.311. The highest BCUT2D eigenvalue weighted by atomic mass is 35.5. The number of carbonyl (C=O) groups excluding carboxylic acids is 1. The molecule has 2 aromatic rings. The van der Waals surface area contributed by atoms with E-state index in [-0.39, 0.29) is 0 Å². The Morgan fingerprint density at radius 1 is 1.32 bits per heavy atom. The van der Waals surface area contributed by atoms with Crippen LogP contribution >= 0.6 is 11.6 Å². The van der Waals surface area contributed by atoms with Crippen LogP contribution in [0.4, 0.5) is 0 Å². The summed E-state index contributed by atoms with van der Waals surface area (Å²) in [6, 6.07) is 2.08. The summed E-state index contributed by atoms with van der Waals surface area (Å²) in [6.45, 7) is 3.50. The van der Waals surface area contributed by atoms with E-state index in [2.05, 4.69) is 27.8 Å². The summed E-state index contributed by atoms with van der Waals surface area (Å²) in [5.74, 6) is 0.432. The molecule has 2 heterocycles. The lowest BCUT2D eigenvalue weighted by molar-refractivity contribution is 0.112. The van der Waals surface area contributed by atoms with Crippen molar-refractivity contribution in [1.82, 2.24) is 14.8 Å². The molecule has 0 fully saturated rings. The Morgan fingerprint density at radius 2 is 2.16 bits per heavy atom. The van der Waals surface area contributed by atoms with Crippen LogP contribution in [0.1, 0.15) is 55.1 Å². The van der Waals surface area contributed by atoms with Crippen LogP contribution < -0.4 is 4.74 Å². The van der Waals surface area contributed by atoms with Crippen LogP contribution in [-0.4, -0.2) is 27.7 Å². The molecule has 132 valence electrons. The molecular weight excluding hydrogens is 338 g/mol. The zero-order valence-corrected chi connectivity index (χ0v) is 15.1. The maximum atomic E-state index is 11.3. The second-order valence-corrected chi connectivity index (χ2v) is 6.58. The SMILES string of the molecule is CCCn1nccc1C1=C(COc2cncc(Cl)c2C=O)CCCC1. The van der Waals surface area contributed by atoms with Gasteiger partial charge in [-0.15, -0.1) is 0 Å². The fraction of sp³-hybridized carbons (Fsp3) is 0.421. The van der Waals surface area contributed by atoms with E-state index in [0.29, 0.717) is 29.2 Å². The highest BCUT2D eigenvalue weighted by Crippen LogP contribution is 2.33. The zero-order valence-electron chi connectivity index (χ0n) is 14.4. The maximum absolute atomic E-state index is 11.3. The summed E-state index contributed by atoms with van der Waals surface area (Å²) in [6.07, 6.45) is 11.0. The Bertz CT molecular complexity index is 783. The highest BCUT2D eigenvalue weighted by Gasteiger charge is 2.19. The predicted octanol–water partition coefficient (Wildman–Crippen LogP) is 4.56. The molecule has 5 nitrogen and oxygen atoms in total. The van der Waals surface area contributed by atoms with Crippen molar-refractivity contribution >= 4 is 23.5 Å². The fourth-order valence-electron chi connectivity index (χ4n) is 3.24. The van der Waals surface area contributed by atoms with E-state index in [1.165, 1.54) is 29.5 Å². The molecule has 0 saturated heterocycles. The van der Waals surface area contributed by atoms with E-state index < -0.39 is 0 Å². The Hall–Kier alpha value is -2.14. The van der Waals surface area contributed by atoms with Gasteiger partial charge in [-0.3, -0.25) is 14.5 Å². The number of allylic oxidation sites excluding steroid dienone is 1. The minimum atomic E-state index is 0.311. The summed E-state index contributed by atoms with van der Waals surface area (Å²) < 4.78 is 7.98. The van der Waals surface area contributed by atoms with Gasteiger partial charge in [0.25, 0.3) is 0 Å². The fourth-order valence-corrected chi connectivity index (χ4v) is 3.43. The van der Waals surface area contributed by atoms with Gasteiger partial charge < -0.3 is 4.74 Å². The van der Waals surface area contributed by atoms with E-state index in [9.17, 15) is 4.79 Å². The van der Waals surface area contributed by atoms with E-state index in [0.717, 1.165) is 32.2 Å². The topological polar surface area (TPSA) is 57.0 Å². The largest absolute Gasteiger partial charge is 0.487 e. The molecule has 0 aliphatic heterocycles. The van der Waals surface area contributed by atoms with Crippen molar-refractivity contribution in [2.24, 2.45) is 0 Å². The first-order valence-electron chi connectivity index (χ1n) is 8.69. The molecule has 1 aliphatic rings. The number of ether oxygens (including phenoxy) is 1. The molecule has 0 N–H and O–H groups in total. The number of aryl methyl sites for hydroxylation is 1. The third-order valence-electron chi connectivity index (χ3n) is 4.47. The Morgan fingerprint density at radius 3 is 2.96 bits per heavy atom. The number of halogens is 1. The van der Waals surface area contributed by atoms with E-state index in [1.807, 2.05) is 6.20 Å². The van der Waals surface area contributed by atoms with Gasteiger partial charge in [0.1, 0.15) is 12.4 Å². The second kappa shape index (κ2) is 8.30. The van der Waals surface area contributed by atoms with Gasteiger partial charge in [0.2, 0.25) is 0 Å². The molecule has 6 heteroatoms. The molecule has 0 radical (unpaired) electrons. The number of hydrogen-bond donors (Lipinski definition) is 0. The summed E-state index contributed by atoms with van der Waals surface area (Å²) in [5.41, 5.74) is 4.12. The van der Waals surface area contributed by atoms with Crippen LogP contribution in [0.25, 0.3) is 5.57 Å². The number of nitrogens with zero attached hydrogens (tertiary/aromatic N) is 3. The molecule has 0 unspecified atom stereocenters. The van der Waals surface area contributed by atoms with Gasteiger partial charge >= 0.3 is 0 Å². The molecule has 25 heavy (non-hydrogen) atoms. The van der Waals surface area contributed by atoms with E-state index >= 15 is 0 Å². The summed E-state index contributed by atoms with van der Waals surface area (Å²) in [5, 5.41) is 4.75. The predicted molar refractivity (Wildman–Crippen MR) is 98.0 cm³/mol. The van der Waals surface area contributed by atoms with Gasteiger partial charge in [-0.1, -0.05) is 18.5 Å². The van der Waals surface area contributed by atoms with Crippen molar-refractivity contribution in [2.75, 3.05) is 6.61 Å². The van der Waals surface area contributed by atoms with Crippen LogP contribution in [-0.2, 0) is 6.54 Å². The summed E-state index contributed by atoms with van der Waals surface area (Å²) in [7, 11) is 0. The first kappa shape index (κ1) is 17.7. The van der Waals surface area contributed by atoms with Gasteiger partial charge in [0, 0.05) is 18.9 Å². The van der Waals surface area contributed by atoms with Crippen molar-refractivity contribution in [3.63, 3.8) is 0 Å². The molecule has 1 aliphatic carbocycles. The Labute approximate surface area is 152 Å². The van der Waals surface area contributed by atoms with Crippen LogP contribution in [0.15, 0.2) is 30.2 Å². The van der Waals surface area contributed by atoms with Crippen molar-refractivity contribution in [3.05, 3.63) is 46.5 Å². The van der Waals surface area contributed by atoms with Gasteiger partial charge in [0.05, 0.1) is 22.5 Å². The van der Waals surface area contributed by atoms with Crippen molar-refractivity contribution in [3.8, 4) is 5.75 Å². The normalized spacial score (nSPS) is 14.6. The number of aromatic nitrogens is 3. The number of pyridine rings is 1. The minimum Gasteiger partial charge on any atom is -0.487 e. The van der Waals surface area contributed by atoms with Crippen molar-refractivity contribution < 1.29 is 9.53 Å². The molecule has 0 amide bonds. The number of aldehydes is 1. The van der Waals surface area contributed by atoms with Crippen LogP contribution in [0.5, 0.6) is 5.75 Å². The van der Waals surface area contributed by atoms with Gasteiger partial charge in [-0.25, -0.2) is 0 Å². The first-order valence-corrected chi connectivity index (χ1v) is 9.07. The molecule has 0 atom stereocenters. The van der Waals surface area contributed by atoms with Crippen LogP contribution in [0.3, 0.4) is 0 Å². The third kappa shape index (κ3) is 3.93. The Kier molecular flexibility index (Phi) is 5.87. The molecule has 0 saturated carbocycles. The highest BCUT2D eigenvalue weighted by molar-refractivity contribution is 6.33. The number of carbonyl (C=O) groups is 1. The molecule has 0 spiro atoms. The second-order valence-electron chi connectivity index (χ2n) is 6.17. The summed E-state index contributed by atoms with van der Waals surface area (Å²) >= 11 is 6.02. The average molecular weight is 360 g/mol. The average Bonchev–Trinajstić information content (AvgIpc) is 3.08. The number of hydrogen-bond acceptors (Lipinski definition) is 4. The standard InChI is InChI=1S/C19H22ClN3O2/c1-2-9-23-18(7-8-22-23)15-6-4-3-5-14(15)13-25-19-11-21-10-17(20)16(19)12-24/h7-8,10-12H,2-6,9,13H2,1H3. The lowest BCUT2D eigenvalue weighted by Gasteiger charge is -2.22. The van der Waals surface area contributed by atoms with Crippen LogP contribution in [0.2, 0.25) is 5.02 Å². The van der Waals surface area contributed by atoms with Crippen LogP contribution in [0, 0.1) is 0 Å². The lowest BCUT2D eigenvalue weighted by Crippen LogP contribution is -2.12. The molecule has 3 rings (SSSR count). The zero-order chi connectivity index (χ0) is 17.6. The quantitative estimate of drug-likeness (QED) is 0.680. The lowest BCUT2D eigenvalue weighted by atomic mass is 9.90. The smallest absolute Gasteiger partial charge is 0.155 e. The Balaban J connectivity index is 1.86. The monoisotopic (exact) mass is 359 g/mol. The van der Waals surface area contributed by atoms with Crippen molar-refractivity contribution in [1.29, 1.82) is 0 Å². The summed E-state index contributed by atoms with van der Waals surface area (Å²) in [4.78, 5) is 15.3. The molecular formula is C19H22ClN3O2. The molecule has 0 aromatic carbocycles. The van der Waals surface area contributed by atoms with Gasteiger partial charge in [-0.05, 0) is 49.3 Å². The van der Waals surface area contributed by atoms with Gasteiger partial charge in [0.15, 0.2) is 6.29 Å². The number of rotatable bonds is 7. The molecule has 2 aromatic heterocycles. The van der Waals surface area contributed by atoms with E-state index in [4.69, 9.17) is 16.3 Å². The van der Waals surface area contributed by atoms with Crippen molar-refractivity contribution in [2.45, 2.75) is 45.6 Å². The third-order valence-corrected chi connectivity index (χ3v) is 4.77. The van der Waals surface area contributed by atoms with E-state index in [1.54, 1.807) is 6.20 Å². The first-order chi connectivity index (χ1) is 12.2. The maximum Gasteiger partial charge on any atom is 0.155 e.